The first-order chi connectivity index (χ1) is 11.1. The van der Waals surface area contributed by atoms with E-state index in [0.29, 0.717) is 29.5 Å². The van der Waals surface area contributed by atoms with Crippen LogP contribution in [0.3, 0.4) is 0 Å². The minimum absolute atomic E-state index is 0.235. The quantitative estimate of drug-likeness (QED) is 0.849. The van der Waals surface area contributed by atoms with Gasteiger partial charge in [-0.2, -0.15) is 0 Å². The molecule has 0 heterocycles. The Balaban J connectivity index is 1.98. The minimum atomic E-state index is -0.641. The molecule has 1 amide bonds. The van der Waals surface area contributed by atoms with Gasteiger partial charge in [0.15, 0.2) is 6.10 Å². The zero-order valence-electron chi connectivity index (χ0n) is 13.5. The molecule has 0 bridgehead atoms. The smallest absolute Gasteiger partial charge is 0.265 e. The maximum Gasteiger partial charge on any atom is 0.265 e. The fourth-order valence-corrected chi connectivity index (χ4v) is 2.01. The highest BCUT2D eigenvalue weighted by Gasteiger charge is 2.15. The fourth-order valence-electron chi connectivity index (χ4n) is 2.01. The minimum Gasteiger partial charge on any atom is -0.497 e. The summed E-state index contributed by atoms with van der Waals surface area (Å²) >= 11 is 0. The van der Waals surface area contributed by atoms with E-state index in [-0.39, 0.29) is 5.91 Å². The number of benzene rings is 2. The summed E-state index contributed by atoms with van der Waals surface area (Å²) in [6.45, 7) is 4.18. The van der Waals surface area contributed by atoms with Crippen molar-refractivity contribution < 1.29 is 19.0 Å². The molecule has 5 nitrogen and oxygen atoms in total. The van der Waals surface area contributed by atoms with Crippen molar-refractivity contribution in [3.8, 4) is 17.2 Å². The molecule has 2 rings (SSSR count). The lowest BCUT2D eigenvalue weighted by Gasteiger charge is -2.15. The summed E-state index contributed by atoms with van der Waals surface area (Å²) in [4.78, 5) is 12.2. The van der Waals surface area contributed by atoms with Crippen molar-refractivity contribution >= 4 is 11.6 Å². The first-order valence-corrected chi connectivity index (χ1v) is 7.46. The molecule has 5 heteroatoms. The van der Waals surface area contributed by atoms with E-state index in [2.05, 4.69) is 5.32 Å². The van der Waals surface area contributed by atoms with Crippen LogP contribution in [0.4, 0.5) is 5.69 Å². The van der Waals surface area contributed by atoms with Crippen molar-refractivity contribution in [1.29, 1.82) is 0 Å². The molecular formula is C18H21NO4. The maximum absolute atomic E-state index is 12.2. The van der Waals surface area contributed by atoms with Gasteiger partial charge in [-0.05, 0) is 38.1 Å². The molecule has 1 N–H and O–H groups in total. The number of nitrogens with one attached hydrogen (secondary N) is 1. The molecule has 2 aromatic rings. The van der Waals surface area contributed by atoms with Crippen molar-refractivity contribution in [3.05, 3.63) is 48.5 Å². The standard InChI is InChI=1S/C18H21NO4/c1-4-22-16-9-5-7-14(11-16)19-18(20)13(2)23-17-10-6-8-15(12-17)21-3/h5-13H,4H2,1-3H3,(H,19,20)/t13-/m0/s1. The fraction of sp³-hybridized carbons (Fsp3) is 0.278. The Morgan fingerprint density at radius 3 is 2.52 bits per heavy atom. The number of carbonyl (C=O) groups excluding carboxylic acids is 1. The number of carbonyl (C=O) groups is 1. The van der Waals surface area contributed by atoms with Gasteiger partial charge >= 0.3 is 0 Å². The van der Waals surface area contributed by atoms with E-state index in [1.807, 2.05) is 31.2 Å². The molecule has 0 unspecified atom stereocenters. The Kier molecular flexibility index (Phi) is 5.86. The SMILES string of the molecule is CCOc1cccc(NC(=O)[C@H](C)Oc2cccc(OC)c2)c1. The second-order valence-electron chi connectivity index (χ2n) is 4.89. The monoisotopic (exact) mass is 315 g/mol. The summed E-state index contributed by atoms with van der Waals surface area (Å²) in [5, 5.41) is 2.81. The van der Waals surface area contributed by atoms with Gasteiger partial charge in [0.1, 0.15) is 17.2 Å². The van der Waals surface area contributed by atoms with Gasteiger partial charge in [0.2, 0.25) is 0 Å². The van der Waals surface area contributed by atoms with Crippen LogP contribution in [-0.2, 0) is 4.79 Å². The van der Waals surface area contributed by atoms with Crippen LogP contribution in [-0.4, -0.2) is 25.7 Å². The van der Waals surface area contributed by atoms with Crippen LogP contribution in [0.15, 0.2) is 48.5 Å². The van der Waals surface area contributed by atoms with E-state index in [9.17, 15) is 4.79 Å². The molecule has 0 radical (unpaired) electrons. The van der Waals surface area contributed by atoms with Crippen molar-refractivity contribution in [3.63, 3.8) is 0 Å². The van der Waals surface area contributed by atoms with E-state index >= 15 is 0 Å². The number of ether oxygens (including phenoxy) is 3. The zero-order valence-corrected chi connectivity index (χ0v) is 13.5. The van der Waals surface area contributed by atoms with Gasteiger partial charge in [0.05, 0.1) is 13.7 Å². The van der Waals surface area contributed by atoms with Gasteiger partial charge in [-0.25, -0.2) is 0 Å². The number of methoxy groups -OCH3 is 1. The van der Waals surface area contributed by atoms with Gasteiger partial charge in [0, 0.05) is 17.8 Å². The Labute approximate surface area is 136 Å². The van der Waals surface area contributed by atoms with Crippen molar-refractivity contribution in [1.82, 2.24) is 0 Å². The lowest BCUT2D eigenvalue weighted by Crippen LogP contribution is -2.30. The molecule has 1 atom stereocenters. The summed E-state index contributed by atoms with van der Waals surface area (Å²) < 4.78 is 16.2. The molecule has 0 aromatic heterocycles. The molecule has 0 fully saturated rings. The number of rotatable bonds is 7. The van der Waals surface area contributed by atoms with Crippen LogP contribution in [0, 0.1) is 0 Å². The Bertz CT molecular complexity index is 657. The Morgan fingerprint density at radius 2 is 1.78 bits per heavy atom. The molecule has 0 aliphatic rings. The Hall–Kier alpha value is -2.69. The van der Waals surface area contributed by atoms with Crippen molar-refractivity contribution in [2.24, 2.45) is 0 Å². The topological polar surface area (TPSA) is 56.8 Å². The molecule has 0 aliphatic carbocycles. The first-order valence-electron chi connectivity index (χ1n) is 7.46. The predicted octanol–water partition coefficient (Wildman–Crippen LogP) is 3.50. The third-order valence-corrected chi connectivity index (χ3v) is 3.14. The summed E-state index contributed by atoms with van der Waals surface area (Å²) in [7, 11) is 1.58. The zero-order chi connectivity index (χ0) is 16.7. The van der Waals surface area contributed by atoms with Crippen LogP contribution >= 0.6 is 0 Å². The lowest BCUT2D eigenvalue weighted by molar-refractivity contribution is -0.122. The van der Waals surface area contributed by atoms with Crippen LogP contribution < -0.4 is 19.5 Å². The third-order valence-electron chi connectivity index (χ3n) is 3.14. The van der Waals surface area contributed by atoms with Crippen LogP contribution in [0.2, 0.25) is 0 Å². The van der Waals surface area contributed by atoms with Gasteiger partial charge in [0.25, 0.3) is 5.91 Å². The second kappa shape index (κ2) is 8.08. The van der Waals surface area contributed by atoms with Gasteiger partial charge in [-0.3, -0.25) is 4.79 Å². The number of hydrogen-bond acceptors (Lipinski definition) is 4. The van der Waals surface area contributed by atoms with Gasteiger partial charge in [-0.1, -0.05) is 12.1 Å². The summed E-state index contributed by atoms with van der Waals surface area (Å²) in [5.74, 6) is 1.74. The number of anilines is 1. The van der Waals surface area contributed by atoms with Crippen LogP contribution in [0.25, 0.3) is 0 Å². The molecule has 0 saturated heterocycles. The normalized spacial score (nSPS) is 11.4. The van der Waals surface area contributed by atoms with Crippen molar-refractivity contribution in [2.45, 2.75) is 20.0 Å². The van der Waals surface area contributed by atoms with Gasteiger partial charge < -0.3 is 19.5 Å². The second-order valence-corrected chi connectivity index (χ2v) is 4.89. The molecular weight excluding hydrogens is 294 g/mol. The number of amides is 1. The average Bonchev–Trinajstić information content (AvgIpc) is 2.55. The largest absolute Gasteiger partial charge is 0.497 e. The van der Waals surface area contributed by atoms with Crippen molar-refractivity contribution in [2.75, 3.05) is 19.0 Å². The molecule has 23 heavy (non-hydrogen) atoms. The maximum atomic E-state index is 12.2. The Morgan fingerprint density at radius 1 is 1.09 bits per heavy atom. The number of hydrogen-bond donors (Lipinski definition) is 1. The van der Waals surface area contributed by atoms with Crippen LogP contribution in [0.1, 0.15) is 13.8 Å². The van der Waals surface area contributed by atoms with E-state index in [0.717, 1.165) is 0 Å². The van der Waals surface area contributed by atoms with E-state index < -0.39 is 6.10 Å². The van der Waals surface area contributed by atoms with E-state index in [1.165, 1.54) is 0 Å². The summed E-state index contributed by atoms with van der Waals surface area (Å²) in [6.07, 6.45) is -0.641. The molecule has 0 saturated carbocycles. The third kappa shape index (κ3) is 4.92. The molecule has 0 spiro atoms. The molecule has 2 aromatic carbocycles. The molecule has 0 aliphatic heterocycles. The summed E-state index contributed by atoms with van der Waals surface area (Å²) in [6, 6.07) is 14.4. The highest BCUT2D eigenvalue weighted by atomic mass is 16.5. The highest BCUT2D eigenvalue weighted by Crippen LogP contribution is 2.21. The van der Waals surface area contributed by atoms with Gasteiger partial charge in [-0.15, -0.1) is 0 Å². The average molecular weight is 315 g/mol. The lowest BCUT2D eigenvalue weighted by atomic mass is 10.2. The molecule has 122 valence electrons. The van der Waals surface area contributed by atoms with Crippen LogP contribution in [0.5, 0.6) is 17.2 Å². The van der Waals surface area contributed by atoms with E-state index in [1.54, 1.807) is 38.3 Å². The van der Waals surface area contributed by atoms with E-state index in [4.69, 9.17) is 14.2 Å². The summed E-state index contributed by atoms with van der Waals surface area (Å²) in [5.41, 5.74) is 0.669. The first kappa shape index (κ1) is 16.7. The predicted molar refractivity (Wildman–Crippen MR) is 89.3 cm³/mol. The highest BCUT2D eigenvalue weighted by molar-refractivity contribution is 5.94.